The van der Waals surface area contributed by atoms with E-state index in [0.29, 0.717) is 5.82 Å². The van der Waals surface area contributed by atoms with E-state index in [1.807, 2.05) is 43.5 Å². The third kappa shape index (κ3) is 3.19. The van der Waals surface area contributed by atoms with Crippen molar-refractivity contribution in [2.75, 3.05) is 11.5 Å². The minimum Gasteiger partial charge on any atom is -0.368 e. The average Bonchev–Trinajstić information content (AvgIpc) is 2.94. The van der Waals surface area contributed by atoms with E-state index in [4.69, 9.17) is 11.5 Å². The highest BCUT2D eigenvalue weighted by Crippen LogP contribution is 2.28. The maximum absolute atomic E-state index is 5.76. The first-order valence-corrected chi connectivity index (χ1v) is 7.96. The summed E-state index contributed by atoms with van der Waals surface area (Å²) in [5.41, 5.74) is 13.5. The molecule has 0 aliphatic rings. The van der Waals surface area contributed by atoms with Gasteiger partial charge in [-0.2, -0.15) is 15.0 Å². The molecular formula is C17H21N7. The lowest BCUT2D eigenvalue weighted by molar-refractivity contribution is 0.509. The molecule has 0 aliphatic carbocycles. The highest BCUT2D eigenvalue weighted by molar-refractivity contribution is 5.56. The van der Waals surface area contributed by atoms with Gasteiger partial charge in [0.25, 0.3) is 0 Å². The first-order chi connectivity index (χ1) is 11.6. The second-order valence-electron chi connectivity index (χ2n) is 5.69. The average molecular weight is 323 g/mol. The van der Waals surface area contributed by atoms with Crippen LogP contribution in [0.3, 0.4) is 0 Å². The SMILES string of the molecule is CCCC(c1nc(N)nc(N)n1)n1cc(C)nc1-c1ccccc1. The van der Waals surface area contributed by atoms with Gasteiger partial charge in [0, 0.05) is 11.8 Å². The van der Waals surface area contributed by atoms with Gasteiger partial charge >= 0.3 is 0 Å². The number of imidazole rings is 1. The van der Waals surface area contributed by atoms with E-state index in [-0.39, 0.29) is 17.9 Å². The monoisotopic (exact) mass is 323 g/mol. The minimum absolute atomic E-state index is 0.0981. The Kier molecular flexibility index (Phi) is 4.41. The fourth-order valence-corrected chi connectivity index (χ4v) is 2.80. The summed E-state index contributed by atoms with van der Waals surface area (Å²) in [6, 6.07) is 9.96. The standard InChI is InChI=1S/C17H21N7/c1-3-7-13(14-21-16(18)23-17(19)22-14)24-10-11(2)20-15(24)12-8-5-4-6-9-12/h4-6,8-10,13H,3,7H2,1-2H3,(H4,18,19,21,22,23). The zero-order chi connectivity index (χ0) is 17.1. The van der Waals surface area contributed by atoms with Crippen molar-refractivity contribution in [1.29, 1.82) is 0 Å². The van der Waals surface area contributed by atoms with E-state index in [1.165, 1.54) is 0 Å². The molecular weight excluding hydrogens is 302 g/mol. The topological polar surface area (TPSA) is 109 Å². The second kappa shape index (κ2) is 6.66. The summed E-state index contributed by atoms with van der Waals surface area (Å²) in [6.07, 6.45) is 3.82. The molecule has 7 heteroatoms. The second-order valence-corrected chi connectivity index (χ2v) is 5.69. The normalized spacial score (nSPS) is 12.2. The number of nitrogens with two attached hydrogens (primary N) is 2. The van der Waals surface area contributed by atoms with Crippen LogP contribution in [-0.4, -0.2) is 24.5 Å². The summed E-state index contributed by atoms with van der Waals surface area (Å²) in [5.74, 6) is 1.72. The van der Waals surface area contributed by atoms with Crippen molar-refractivity contribution < 1.29 is 0 Å². The number of benzene rings is 1. The molecule has 4 N–H and O–H groups in total. The van der Waals surface area contributed by atoms with Crippen molar-refractivity contribution in [2.45, 2.75) is 32.7 Å². The molecule has 0 saturated carbocycles. The molecule has 124 valence electrons. The van der Waals surface area contributed by atoms with E-state index in [2.05, 4.69) is 31.4 Å². The lowest BCUT2D eigenvalue weighted by atomic mass is 10.1. The third-order valence-corrected chi connectivity index (χ3v) is 3.77. The number of aryl methyl sites for hydroxylation is 1. The summed E-state index contributed by atoms with van der Waals surface area (Å²) in [6.45, 7) is 4.09. The lowest BCUT2D eigenvalue weighted by Crippen LogP contribution is -2.17. The number of hydrogen-bond acceptors (Lipinski definition) is 6. The van der Waals surface area contributed by atoms with E-state index in [1.54, 1.807) is 0 Å². The largest absolute Gasteiger partial charge is 0.368 e. The highest BCUT2D eigenvalue weighted by atomic mass is 15.2. The predicted octanol–water partition coefficient (Wildman–Crippen LogP) is 2.60. The van der Waals surface area contributed by atoms with E-state index >= 15 is 0 Å². The fraction of sp³-hybridized carbons (Fsp3) is 0.294. The lowest BCUT2D eigenvalue weighted by Gasteiger charge is -2.19. The zero-order valence-corrected chi connectivity index (χ0v) is 13.8. The van der Waals surface area contributed by atoms with Crippen LogP contribution in [0.25, 0.3) is 11.4 Å². The van der Waals surface area contributed by atoms with Gasteiger partial charge in [-0.25, -0.2) is 4.98 Å². The van der Waals surface area contributed by atoms with E-state index in [9.17, 15) is 0 Å². The maximum Gasteiger partial charge on any atom is 0.225 e. The Balaban J connectivity index is 2.13. The first-order valence-electron chi connectivity index (χ1n) is 7.96. The highest BCUT2D eigenvalue weighted by Gasteiger charge is 2.22. The first kappa shape index (κ1) is 15.9. The van der Waals surface area contributed by atoms with Gasteiger partial charge in [-0.3, -0.25) is 0 Å². The van der Waals surface area contributed by atoms with Gasteiger partial charge in [0.15, 0.2) is 5.82 Å². The summed E-state index contributed by atoms with van der Waals surface area (Å²) < 4.78 is 2.10. The summed E-state index contributed by atoms with van der Waals surface area (Å²) in [4.78, 5) is 17.1. The molecule has 0 bridgehead atoms. The smallest absolute Gasteiger partial charge is 0.225 e. The zero-order valence-electron chi connectivity index (χ0n) is 13.8. The number of anilines is 2. The molecule has 0 saturated heterocycles. The Bertz CT molecular complexity index is 806. The Morgan fingerprint density at radius 2 is 1.67 bits per heavy atom. The van der Waals surface area contributed by atoms with Gasteiger partial charge in [-0.05, 0) is 13.3 Å². The molecule has 2 aromatic heterocycles. The van der Waals surface area contributed by atoms with Gasteiger partial charge in [-0.15, -0.1) is 0 Å². The predicted molar refractivity (Wildman–Crippen MR) is 94.1 cm³/mol. The molecule has 0 radical (unpaired) electrons. The van der Waals surface area contributed by atoms with Crippen molar-refractivity contribution in [3.63, 3.8) is 0 Å². The molecule has 0 spiro atoms. The molecule has 3 aromatic rings. The quantitative estimate of drug-likeness (QED) is 0.747. The Morgan fingerprint density at radius 1 is 1.00 bits per heavy atom. The molecule has 2 heterocycles. The minimum atomic E-state index is -0.0981. The molecule has 24 heavy (non-hydrogen) atoms. The summed E-state index contributed by atoms with van der Waals surface area (Å²) in [7, 11) is 0. The molecule has 0 amide bonds. The van der Waals surface area contributed by atoms with Crippen LogP contribution in [0.2, 0.25) is 0 Å². The van der Waals surface area contributed by atoms with Crippen LogP contribution in [0.1, 0.15) is 37.3 Å². The molecule has 1 atom stereocenters. The van der Waals surface area contributed by atoms with Gasteiger partial charge in [-0.1, -0.05) is 43.7 Å². The number of rotatable bonds is 5. The molecule has 3 rings (SSSR count). The van der Waals surface area contributed by atoms with Crippen molar-refractivity contribution in [3.05, 3.63) is 48.0 Å². The van der Waals surface area contributed by atoms with Crippen LogP contribution < -0.4 is 11.5 Å². The van der Waals surface area contributed by atoms with Crippen LogP contribution in [0.15, 0.2) is 36.5 Å². The van der Waals surface area contributed by atoms with Crippen molar-refractivity contribution in [2.24, 2.45) is 0 Å². The van der Waals surface area contributed by atoms with Gasteiger partial charge < -0.3 is 16.0 Å². The van der Waals surface area contributed by atoms with E-state index in [0.717, 1.165) is 29.9 Å². The number of nitrogens with zero attached hydrogens (tertiary/aromatic N) is 5. The van der Waals surface area contributed by atoms with Gasteiger partial charge in [0.05, 0.1) is 11.7 Å². The summed E-state index contributed by atoms with van der Waals surface area (Å²) in [5, 5.41) is 0. The van der Waals surface area contributed by atoms with Crippen molar-refractivity contribution in [1.82, 2.24) is 24.5 Å². The molecule has 1 unspecified atom stereocenters. The van der Waals surface area contributed by atoms with Crippen LogP contribution >= 0.6 is 0 Å². The Labute approximate surface area is 140 Å². The molecule has 0 aliphatic heterocycles. The van der Waals surface area contributed by atoms with Crippen LogP contribution in [-0.2, 0) is 0 Å². The van der Waals surface area contributed by atoms with Crippen LogP contribution in [0, 0.1) is 6.92 Å². The third-order valence-electron chi connectivity index (χ3n) is 3.77. The Hall–Kier alpha value is -2.96. The van der Waals surface area contributed by atoms with Crippen molar-refractivity contribution >= 4 is 11.9 Å². The maximum atomic E-state index is 5.76. The van der Waals surface area contributed by atoms with Gasteiger partial charge in [0.2, 0.25) is 11.9 Å². The number of hydrogen-bond donors (Lipinski definition) is 2. The molecule has 1 aromatic carbocycles. The molecule has 7 nitrogen and oxygen atoms in total. The molecule has 0 fully saturated rings. The fourth-order valence-electron chi connectivity index (χ4n) is 2.80. The van der Waals surface area contributed by atoms with E-state index < -0.39 is 0 Å². The van der Waals surface area contributed by atoms with Crippen LogP contribution in [0.4, 0.5) is 11.9 Å². The Morgan fingerprint density at radius 3 is 2.29 bits per heavy atom. The van der Waals surface area contributed by atoms with Gasteiger partial charge in [0.1, 0.15) is 5.82 Å². The van der Waals surface area contributed by atoms with Crippen molar-refractivity contribution in [3.8, 4) is 11.4 Å². The summed E-state index contributed by atoms with van der Waals surface area (Å²) >= 11 is 0. The number of aromatic nitrogens is 5. The number of nitrogen functional groups attached to an aromatic ring is 2. The van der Waals surface area contributed by atoms with Crippen LogP contribution in [0.5, 0.6) is 0 Å².